The highest BCUT2D eigenvalue weighted by molar-refractivity contribution is 5.96. The van der Waals surface area contributed by atoms with Crippen LogP contribution in [0.4, 0.5) is 0 Å². The van der Waals surface area contributed by atoms with Gasteiger partial charge in [-0.1, -0.05) is 64.2 Å². The van der Waals surface area contributed by atoms with Crippen molar-refractivity contribution in [1.29, 1.82) is 0 Å². The fraction of sp³-hybridized carbons (Fsp3) is 0.588. The molecule has 0 bridgehead atoms. The number of rotatable bonds is 9. The highest BCUT2D eigenvalue weighted by atomic mass is 16.1. The molecule has 0 aliphatic heterocycles. The Morgan fingerprint density at radius 1 is 1.00 bits per heavy atom. The third kappa shape index (κ3) is 5.48. The minimum Gasteiger partial charge on any atom is -0.294 e. The standard InChI is InChI=1S/C17H26O/c1-3-5-6-7-8-13-17(18)16-12-9-11-15(14-16)10-4-2/h9,11-12,14H,3-8,10,13H2,1-2H3. The average Bonchev–Trinajstić information content (AvgIpc) is 2.39. The molecule has 100 valence electrons. The summed E-state index contributed by atoms with van der Waals surface area (Å²) in [4.78, 5) is 12.0. The van der Waals surface area contributed by atoms with E-state index in [2.05, 4.69) is 26.0 Å². The number of unbranched alkanes of at least 4 members (excludes halogenated alkanes) is 4. The molecule has 0 radical (unpaired) electrons. The molecule has 0 fully saturated rings. The summed E-state index contributed by atoms with van der Waals surface area (Å²) in [5.74, 6) is 0.310. The first kappa shape index (κ1) is 14.9. The maximum atomic E-state index is 12.0. The fourth-order valence-electron chi connectivity index (χ4n) is 2.22. The summed E-state index contributed by atoms with van der Waals surface area (Å²) in [6, 6.07) is 8.14. The summed E-state index contributed by atoms with van der Waals surface area (Å²) in [6.07, 6.45) is 8.95. The van der Waals surface area contributed by atoms with E-state index >= 15 is 0 Å². The number of carbonyl (C=O) groups is 1. The van der Waals surface area contributed by atoms with Crippen LogP contribution in [0.25, 0.3) is 0 Å². The number of Topliss-reactive ketones (excluding diaryl/α,β-unsaturated/α-hetero) is 1. The van der Waals surface area contributed by atoms with Gasteiger partial charge in [0.15, 0.2) is 5.78 Å². The normalized spacial score (nSPS) is 10.6. The summed E-state index contributed by atoms with van der Waals surface area (Å²) in [6.45, 7) is 4.38. The lowest BCUT2D eigenvalue weighted by molar-refractivity contribution is 0.0979. The van der Waals surface area contributed by atoms with E-state index in [1.807, 2.05) is 12.1 Å². The monoisotopic (exact) mass is 246 g/mol. The van der Waals surface area contributed by atoms with E-state index in [1.54, 1.807) is 0 Å². The first-order valence-electron chi connectivity index (χ1n) is 7.40. The topological polar surface area (TPSA) is 17.1 Å². The fourth-order valence-corrected chi connectivity index (χ4v) is 2.22. The highest BCUT2D eigenvalue weighted by Gasteiger charge is 2.05. The van der Waals surface area contributed by atoms with Crippen LogP contribution < -0.4 is 0 Å². The van der Waals surface area contributed by atoms with E-state index < -0.39 is 0 Å². The van der Waals surface area contributed by atoms with Gasteiger partial charge in [0, 0.05) is 12.0 Å². The minimum absolute atomic E-state index is 0.310. The zero-order valence-corrected chi connectivity index (χ0v) is 11.9. The molecule has 1 aromatic carbocycles. The highest BCUT2D eigenvalue weighted by Crippen LogP contribution is 2.12. The molecule has 0 spiro atoms. The molecule has 0 aliphatic rings. The van der Waals surface area contributed by atoms with Crippen molar-refractivity contribution >= 4 is 5.78 Å². The van der Waals surface area contributed by atoms with Crippen molar-refractivity contribution in [1.82, 2.24) is 0 Å². The van der Waals surface area contributed by atoms with E-state index in [0.29, 0.717) is 12.2 Å². The molecule has 0 atom stereocenters. The Morgan fingerprint density at radius 2 is 1.78 bits per heavy atom. The lowest BCUT2D eigenvalue weighted by atomic mass is 10.0. The zero-order chi connectivity index (χ0) is 13.2. The molecule has 1 heteroatoms. The number of ketones is 1. The van der Waals surface area contributed by atoms with Crippen molar-refractivity contribution in [3.63, 3.8) is 0 Å². The summed E-state index contributed by atoms with van der Waals surface area (Å²) in [5.41, 5.74) is 2.19. The predicted molar refractivity (Wildman–Crippen MR) is 78.1 cm³/mol. The second kappa shape index (κ2) is 8.91. The molecule has 1 rings (SSSR count). The van der Waals surface area contributed by atoms with Crippen LogP contribution in [0.15, 0.2) is 24.3 Å². The predicted octanol–water partition coefficient (Wildman–Crippen LogP) is 5.18. The summed E-state index contributed by atoms with van der Waals surface area (Å²) >= 11 is 0. The molecular formula is C17H26O. The van der Waals surface area contributed by atoms with Crippen molar-refractivity contribution in [2.45, 2.75) is 65.2 Å². The molecule has 1 nitrogen and oxygen atoms in total. The molecular weight excluding hydrogens is 220 g/mol. The van der Waals surface area contributed by atoms with Crippen LogP contribution in [0.2, 0.25) is 0 Å². The SMILES string of the molecule is CCCCCCCC(=O)c1cccc(CCC)c1. The van der Waals surface area contributed by atoms with Gasteiger partial charge in [-0.05, 0) is 24.5 Å². The number of hydrogen-bond acceptors (Lipinski definition) is 1. The van der Waals surface area contributed by atoms with E-state index in [-0.39, 0.29) is 0 Å². The van der Waals surface area contributed by atoms with Gasteiger partial charge in [-0.2, -0.15) is 0 Å². The van der Waals surface area contributed by atoms with Gasteiger partial charge >= 0.3 is 0 Å². The quantitative estimate of drug-likeness (QED) is 0.433. The maximum Gasteiger partial charge on any atom is 0.162 e. The number of aryl methyl sites for hydroxylation is 1. The lowest BCUT2D eigenvalue weighted by Gasteiger charge is -2.04. The molecule has 18 heavy (non-hydrogen) atoms. The second-order valence-electron chi connectivity index (χ2n) is 5.04. The van der Waals surface area contributed by atoms with Crippen LogP contribution in [0.3, 0.4) is 0 Å². The van der Waals surface area contributed by atoms with Gasteiger partial charge in [0.25, 0.3) is 0 Å². The van der Waals surface area contributed by atoms with Gasteiger partial charge in [0.2, 0.25) is 0 Å². The Bertz CT molecular complexity index is 354. The second-order valence-corrected chi connectivity index (χ2v) is 5.04. The Kier molecular flexibility index (Phi) is 7.40. The third-order valence-corrected chi connectivity index (χ3v) is 3.30. The molecule has 0 N–H and O–H groups in total. The zero-order valence-electron chi connectivity index (χ0n) is 11.9. The first-order chi connectivity index (χ1) is 8.77. The van der Waals surface area contributed by atoms with Gasteiger partial charge in [0.05, 0.1) is 0 Å². The largest absolute Gasteiger partial charge is 0.294 e. The summed E-state index contributed by atoms with van der Waals surface area (Å²) < 4.78 is 0. The van der Waals surface area contributed by atoms with Gasteiger partial charge < -0.3 is 0 Å². The molecule has 0 unspecified atom stereocenters. The van der Waals surface area contributed by atoms with Crippen LogP contribution in [-0.2, 0) is 6.42 Å². The van der Waals surface area contributed by atoms with Crippen LogP contribution in [0.5, 0.6) is 0 Å². The van der Waals surface area contributed by atoms with Gasteiger partial charge in [-0.15, -0.1) is 0 Å². The summed E-state index contributed by atoms with van der Waals surface area (Å²) in [7, 11) is 0. The smallest absolute Gasteiger partial charge is 0.162 e. The van der Waals surface area contributed by atoms with Crippen molar-refractivity contribution in [2.75, 3.05) is 0 Å². The lowest BCUT2D eigenvalue weighted by Crippen LogP contribution is -2.00. The van der Waals surface area contributed by atoms with Crippen LogP contribution >= 0.6 is 0 Å². The Morgan fingerprint density at radius 3 is 2.50 bits per heavy atom. The van der Waals surface area contributed by atoms with Crippen molar-refractivity contribution < 1.29 is 4.79 Å². The Balaban J connectivity index is 2.38. The average molecular weight is 246 g/mol. The van der Waals surface area contributed by atoms with Crippen LogP contribution in [0.1, 0.15) is 74.7 Å². The minimum atomic E-state index is 0.310. The van der Waals surface area contributed by atoms with Crippen molar-refractivity contribution in [3.05, 3.63) is 35.4 Å². The van der Waals surface area contributed by atoms with E-state index in [4.69, 9.17) is 0 Å². The summed E-state index contributed by atoms with van der Waals surface area (Å²) in [5, 5.41) is 0. The molecule has 1 aromatic rings. The van der Waals surface area contributed by atoms with E-state index in [0.717, 1.165) is 24.8 Å². The molecule has 0 heterocycles. The Labute approximate surface area is 112 Å². The molecule has 0 saturated carbocycles. The maximum absolute atomic E-state index is 12.0. The van der Waals surface area contributed by atoms with Gasteiger partial charge in [-0.25, -0.2) is 0 Å². The number of benzene rings is 1. The molecule has 0 amide bonds. The van der Waals surface area contributed by atoms with Gasteiger partial charge in [-0.3, -0.25) is 4.79 Å². The molecule has 0 saturated heterocycles. The van der Waals surface area contributed by atoms with Crippen molar-refractivity contribution in [3.8, 4) is 0 Å². The Hall–Kier alpha value is -1.11. The van der Waals surface area contributed by atoms with E-state index in [1.165, 1.54) is 31.2 Å². The first-order valence-corrected chi connectivity index (χ1v) is 7.40. The van der Waals surface area contributed by atoms with Crippen molar-refractivity contribution in [2.24, 2.45) is 0 Å². The number of carbonyl (C=O) groups excluding carboxylic acids is 1. The third-order valence-electron chi connectivity index (χ3n) is 3.30. The number of hydrogen-bond donors (Lipinski definition) is 0. The molecule has 0 aromatic heterocycles. The van der Waals surface area contributed by atoms with Crippen LogP contribution in [0, 0.1) is 0 Å². The van der Waals surface area contributed by atoms with Crippen LogP contribution in [-0.4, -0.2) is 5.78 Å². The van der Waals surface area contributed by atoms with Gasteiger partial charge in [0.1, 0.15) is 0 Å². The molecule has 0 aliphatic carbocycles. The van der Waals surface area contributed by atoms with E-state index in [9.17, 15) is 4.79 Å².